The zero-order valence-electron chi connectivity index (χ0n) is 21.5. The summed E-state index contributed by atoms with van der Waals surface area (Å²) in [4.78, 5) is 8.97. The number of unbranched alkanes of at least 4 members (excludes halogenated alkanes) is 11. The molecule has 0 atom stereocenters. The molecule has 1 aliphatic rings. The van der Waals surface area contributed by atoms with Crippen molar-refractivity contribution in [1.82, 2.24) is 9.97 Å². The molecule has 0 bridgehead atoms. The van der Waals surface area contributed by atoms with Crippen molar-refractivity contribution in [2.24, 2.45) is 5.92 Å². The molecule has 1 heterocycles. The van der Waals surface area contributed by atoms with E-state index in [0.717, 1.165) is 54.9 Å². The number of benzene rings is 1. The Morgan fingerprint density at radius 3 is 1.76 bits per heavy atom. The Morgan fingerprint density at radius 1 is 0.647 bits per heavy atom. The monoisotopic (exact) mass is 466 g/mol. The summed E-state index contributed by atoms with van der Waals surface area (Å²) in [6.07, 6.45) is 25.0. The first kappa shape index (κ1) is 26.5. The number of nitrogens with zero attached hydrogens (tertiary/aromatic N) is 2. The van der Waals surface area contributed by atoms with Gasteiger partial charge in [0.2, 0.25) is 0 Å². The van der Waals surface area contributed by atoms with Gasteiger partial charge in [-0.3, -0.25) is 0 Å². The van der Waals surface area contributed by atoms with Gasteiger partial charge in [-0.2, -0.15) is 0 Å². The summed E-state index contributed by atoms with van der Waals surface area (Å²) in [5.74, 6) is 3.48. The van der Waals surface area contributed by atoms with Crippen LogP contribution in [0.5, 0.6) is 11.5 Å². The van der Waals surface area contributed by atoms with Crippen molar-refractivity contribution < 1.29 is 9.47 Å². The largest absolute Gasteiger partial charge is 0.494 e. The molecular weight excluding hydrogens is 420 g/mol. The van der Waals surface area contributed by atoms with Gasteiger partial charge in [-0.1, -0.05) is 96.8 Å². The fraction of sp³-hybridized carbons (Fsp3) is 0.667. The third-order valence-electron chi connectivity index (χ3n) is 6.73. The molecule has 0 amide bonds. The summed E-state index contributed by atoms with van der Waals surface area (Å²) in [5, 5.41) is 0. The lowest BCUT2D eigenvalue weighted by molar-refractivity contribution is 0.302. The van der Waals surface area contributed by atoms with Crippen LogP contribution in [0.1, 0.15) is 110 Å². The van der Waals surface area contributed by atoms with E-state index in [4.69, 9.17) is 9.47 Å². The number of ether oxygens (including phenoxy) is 2. The maximum atomic E-state index is 5.87. The van der Waals surface area contributed by atoms with E-state index in [1.807, 2.05) is 24.3 Å². The average Bonchev–Trinajstić information content (AvgIpc) is 3.70. The summed E-state index contributed by atoms with van der Waals surface area (Å²) in [7, 11) is 0. The summed E-state index contributed by atoms with van der Waals surface area (Å²) in [6.45, 7) is 3.78. The Balaban J connectivity index is 1.23. The molecule has 0 radical (unpaired) electrons. The van der Waals surface area contributed by atoms with Crippen LogP contribution >= 0.6 is 0 Å². The normalized spacial score (nSPS) is 13.2. The van der Waals surface area contributed by atoms with Crippen LogP contribution in [0.15, 0.2) is 36.7 Å². The smallest absolute Gasteiger partial charge is 0.159 e. The number of hydrogen-bond acceptors (Lipinski definition) is 4. The molecule has 0 spiro atoms. The van der Waals surface area contributed by atoms with Crippen LogP contribution in [0, 0.1) is 5.92 Å². The van der Waals surface area contributed by atoms with Crippen LogP contribution in [-0.2, 0) is 0 Å². The quantitative estimate of drug-likeness (QED) is 0.183. The fourth-order valence-electron chi connectivity index (χ4n) is 4.33. The maximum Gasteiger partial charge on any atom is 0.159 e. The van der Waals surface area contributed by atoms with Gasteiger partial charge in [0, 0.05) is 5.56 Å². The van der Waals surface area contributed by atoms with Gasteiger partial charge >= 0.3 is 0 Å². The van der Waals surface area contributed by atoms with Crippen LogP contribution in [0.4, 0.5) is 0 Å². The minimum atomic E-state index is 0.719. The molecule has 188 valence electrons. The standard InChI is InChI=1S/C30H46N2O2/c1-2-3-4-5-10-13-22-33-28-20-18-27(19-21-28)30-31-24-29(25-32-30)34-23-14-11-8-6-7-9-12-15-26-16-17-26/h18-21,24-26H,2-17,22-23H2,1H3. The molecule has 1 fully saturated rings. The molecule has 34 heavy (non-hydrogen) atoms. The molecule has 1 aromatic carbocycles. The molecule has 1 aliphatic carbocycles. The molecular formula is C30H46N2O2. The molecule has 0 unspecified atom stereocenters. The highest BCUT2D eigenvalue weighted by molar-refractivity contribution is 5.56. The van der Waals surface area contributed by atoms with Gasteiger partial charge < -0.3 is 9.47 Å². The summed E-state index contributed by atoms with van der Waals surface area (Å²) >= 11 is 0. The first-order chi connectivity index (χ1) is 16.8. The van der Waals surface area contributed by atoms with Crippen LogP contribution in [-0.4, -0.2) is 23.2 Å². The molecule has 0 aliphatic heterocycles. The fourth-order valence-corrected chi connectivity index (χ4v) is 4.33. The van der Waals surface area contributed by atoms with Gasteiger partial charge in [-0.25, -0.2) is 9.97 Å². The average molecular weight is 467 g/mol. The van der Waals surface area contributed by atoms with Crippen molar-refractivity contribution in [3.8, 4) is 22.9 Å². The number of hydrogen-bond donors (Lipinski definition) is 0. The minimum Gasteiger partial charge on any atom is -0.494 e. The van der Waals surface area contributed by atoms with Crippen molar-refractivity contribution in [3.63, 3.8) is 0 Å². The molecule has 4 heteroatoms. The van der Waals surface area contributed by atoms with Gasteiger partial charge in [0.1, 0.15) is 5.75 Å². The van der Waals surface area contributed by atoms with Crippen LogP contribution in [0.3, 0.4) is 0 Å². The van der Waals surface area contributed by atoms with Crippen molar-refractivity contribution in [1.29, 1.82) is 0 Å². The first-order valence-electron chi connectivity index (χ1n) is 14.0. The summed E-state index contributed by atoms with van der Waals surface area (Å²) in [5.41, 5.74) is 0.996. The third-order valence-corrected chi connectivity index (χ3v) is 6.73. The second-order valence-corrected chi connectivity index (χ2v) is 9.94. The Bertz CT molecular complexity index is 756. The molecule has 4 nitrogen and oxygen atoms in total. The zero-order valence-corrected chi connectivity index (χ0v) is 21.5. The molecule has 0 N–H and O–H groups in total. The third kappa shape index (κ3) is 11.4. The van der Waals surface area contributed by atoms with Crippen LogP contribution < -0.4 is 9.47 Å². The summed E-state index contributed by atoms with van der Waals surface area (Å²) < 4.78 is 11.7. The number of rotatable bonds is 20. The minimum absolute atomic E-state index is 0.719. The van der Waals surface area contributed by atoms with Crippen LogP contribution in [0.2, 0.25) is 0 Å². The Hall–Kier alpha value is -2.10. The van der Waals surface area contributed by atoms with E-state index in [1.165, 1.54) is 89.9 Å². The Labute approximate surface area is 207 Å². The van der Waals surface area contributed by atoms with Crippen molar-refractivity contribution >= 4 is 0 Å². The lowest BCUT2D eigenvalue weighted by Gasteiger charge is -2.08. The SMILES string of the molecule is CCCCCCCCOc1ccc(-c2ncc(OCCCCCCCCCC3CC3)cn2)cc1. The second-order valence-electron chi connectivity index (χ2n) is 9.94. The number of aromatic nitrogens is 2. The van der Waals surface area contributed by atoms with Gasteiger partial charge in [0.05, 0.1) is 25.6 Å². The topological polar surface area (TPSA) is 44.2 Å². The van der Waals surface area contributed by atoms with Gasteiger partial charge in [0.15, 0.2) is 11.6 Å². The Morgan fingerprint density at radius 2 is 1.18 bits per heavy atom. The highest BCUT2D eigenvalue weighted by Gasteiger charge is 2.19. The van der Waals surface area contributed by atoms with E-state index >= 15 is 0 Å². The highest BCUT2D eigenvalue weighted by atomic mass is 16.5. The van der Waals surface area contributed by atoms with Gasteiger partial charge in [-0.15, -0.1) is 0 Å². The van der Waals surface area contributed by atoms with E-state index in [9.17, 15) is 0 Å². The maximum absolute atomic E-state index is 5.87. The summed E-state index contributed by atoms with van der Waals surface area (Å²) in [6, 6.07) is 8.07. The van der Waals surface area contributed by atoms with Gasteiger partial charge in [-0.05, 0) is 43.0 Å². The van der Waals surface area contributed by atoms with E-state index in [1.54, 1.807) is 12.4 Å². The second kappa shape index (κ2) is 16.5. The molecule has 0 saturated heterocycles. The lowest BCUT2D eigenvalue weighted by atomic mass is 10.1. The molecule has 1 saturated carbocycles. The lowest BCUT2D eigenvalue weighted by Crippen LogP contribution is -1.99. The van der Waals surface area contributed by atoms with Gasteiger partial charge in [0.25, 0.3) is 0 Å². The Kier molecular flexibility index (Phi) is 12.9. The molecule has 2 aromatic rings. The van der Waals surface area contributed by atoms with Crippen molar-refractivity contribution in [2.75, 3.05) is 13.2 Å². The van der Waals surface area contributed by atoms with E-state index in [0.29, 0.717) is 0 Å². The van der Waals surface area contributed by atoms with Crippen molar-refractivity contribution in [2.45, 2.75) is 110 Å². The molecule has 1 aromatic heterocycles. The van der Waals surface area contributed by atoms with E-state index < -0.39 is 0 Å². The zero-order chi connectivity index (χ0) is 23.7. The predicted octanol–water partition coefficient (Wildman–Crippen LogP) is 8.79. The van der Waals surface area contributed by atoms with Crippen LogP contribution in [0.25, 0.3) is 11.4 Å². The highest BCUT2D eigenvalue weighted by Crippen LogP contribution is 2.34. The predicted molar refractivity (Wildman–Crippen MR) is 141 cm³/mol. The van der Waals surface area contributed by atoms with E-state index in [-0.39, 0.29) is 0 Å². The molecule has 3 rings (SSSR count). The van der Waals surface area contributed by atoms with E-state index in [2.05, 4.69) is 16.9 Å². The first-order valence-corrected chi connectivity index (χ1v) is 14.0. The van der Waals surface area contributed by atoms with Crippen molar-refractivity contribution in [3.05, 3.63) is 36.7 Å².